The van der Waals surface area contributed by atoms with Gasteiger partial charge >= 0.3 is 5.69 Å². The lowest BCUT2D eigenvalue weighted by Crippen LogP contribution is -2.40. The molecule has 7 nitrogen and oxygen atoms in total. The van der Waals surface area contributed by atoms with Crippen molar-refractivity contribution in [3.05, 3.63) is 61.5 Å². The smallest absolute Gasteiger partial charge is 0.332 e. The van der Waals surface area contributed by atoms with Crippen LogP contribution in [0.5, 0.6) is 0 Å². The van der Waals surface area contributed by atoms with E-state index in [1.165, 1.54) is 4.57 Å². The SMILES string of the molecule is CC(C)CC#Cc1nc2c(c(=O)n(CCCO)c(=O)n2C)n1Cc1ccc(Cl)cc1. The lowest BCUT2D eigenvalue weighted by molar-refractivity contribution is 0.277. The van der Waals surface area contributed by atoms with Crippen LogP contribution in [0.15, 0.2) is 33.9 Å². The molecule has 0 spiro atoms. The number of fused-ring (bicyclic) bond motifs is 1. The quantitative estimate of drug-likeness (QED) is 0.611. The molecule has 30 heavy (non-hydrogen) atoms. The van der Waals surface area contributed by atoms with E-state index in [2.05, 4.69) is 30.7 Å². The van der Waals surface area contributed by atoms with E-state index < -0.39 is 11.2 Å². The van der Waals surface area contributed by atoms with E-state index in [0.717, 1.165) is 10.1 Å². The molecular formula is C22H25ClN4O3. The van der Waals surface area contributed by atoms with Crippen molar-refractivity contribution in [2.75, 3.05) is 6.61 Å². The molecule has 0 atom stereocenters. The number of aliphatic hydroxyl groups is 1. The number of aromatic nitrogens is 4. The van der Waals surface area contributed by atoms with E-state index in [1.807, 2.05) is 12.1 Å². The average molecular weight is 429 g/mol. The Balaban J connectivity index is 2.25. The van der Waals surface area contributed by atoms with Gasteiger partial charge < -0.3 is 9.67 Å². The van der Waals surface area contributed by atoms with Gasteiger partial charge in [-0.3, -0.25) is 13.9 Å². The number of hydrogen-bond donors (Lipinski definition) is 1. The lowest BCUT2D eigenvalue weighted by atomic mass is 10.1. The fourth-order valence-electron chi connectivity index (χ4n) is 3.15. The van der Waals surface area contributed by atoms with Crippen LogP contribution in [0, 0.1) is 17.8 Å². The summed E-state index contributed by atoms with van der Waals surface area (Å²) >= 11 is 6.00. The van der Waals surface area contributed by atoms with E-state index >= 15 is 0 Å². The Bertz CT molecular complexity index is 1220. The molecule has 158 valence electrons. The largest absolute Gasteiger partial charge is 0.396 e. The fraction of sp³-hybridized carbons (Fsp3) is 0.409. The van der Waals surface area contributed by atoms with Gasteiger partial charge in [0, 0.05) is 31.6 Å². The summed E-state index contributed by atoms with van der Waals surface area (Å²) in [7, 11) is 1.59. The molecule has 0 amide bonds. The highest BCUT2D eigenvalue weighted by Crippen LogP contribution is 2.16. The van der Waals surface area contributed by atoms with Gasteiger partial charge in [-0.05, 0) is 36.0 Å². The molecular weight excluding hydrogens is 404 g/mol. The van der Waals surface area contributed by atoms with Crippen LogP contribution in [0.25, 0.3) is 11.2 Å². The van der Waals surface area contributed by atoms with Gasteiger partial charge in [-0.2, -0.15) is 0 Å². The monoisotopic (exact) mass is 428 g/mol. The van der Waals surface area contributed by atoms with Crippen LogP contribution in [0.4, 0.5) is 0 Å². The summed E-state index contributed by atoms with van der Waals surface area (Å²) in [6.45, 7) is 4.55. The van der Waals surface area contributed by atoms with Gasteiger partial charge in [0.1, 0.15) is 0 Å². The first-order chi connectivity index (χ1) is 14.3. The number of nitrogens with zero attached hydrogens (tertiary/aromatic N) is 4. The summed E-state index contributed by atoms with van der Waals surface area (Å²) in [5, 5.41) is 9.76. The van der Waals surface area contributed by atoms with Crippen molar-refractivity contribution in [1.82, 2.24) is 18.7 Å². The first kappa shape index (κ1) is 21.9. The van der Waals surface area contributed by atoms with Gasteiger partial charge in [-0.15, -0.1) is 0 Å². The number of hydrogen-bond acceptors (Lipinski definition) is 4. The second kappa shape index (κ2) is 9.33. The number of imidazole rings is 1. The van der Waals surface area contributed by atoms with Gasteiger partial charge in [0.15, 0.2) is 17.0 Å². The Kier molecular flexibility index (Phi) is 6.80. The molecule has 1 N–H and O–H groups in total. The average Bonchev–Trinajstić information content (AvgIpc) is 3.06. The van der Waals surface area contributed by atoms with Gasteiger partial charge in [0.25, 0.3) is 5.56 Å². The standard InChI is InChI=1S/C22H25ClN4O3/c1-15(2)6-4-7-18-24-20-19(27(18)14-16-8-10-17(23)11-9-16)21(29)26(12-5-13-28)22(30)25(20)3/h8-11,15,28H,5-6,12-14H2,1-3H3. The summed E-state index contributed by atoms with van der Waals surface area (Å²) in [6, 6.07) is 7.34. The molecule has 0 fully saturated rings. The number of aryl methyl sites for hydroxylation is 1. The zero-order valence-corrected chi connectivity index (χ0v) is 18.1. The molecule has 1 aromatic carbocycles. The number of benzene rings is 1. The molecule has 0 radical (unpaired) electrons. The van der Waals surface area contributed by atoms with Crippen LogP contribution in [-0.4, -0.2) is 30.4 Å². The lowest BCUT2D eigenvalue weighted by Gasteiger charge is -2.10. The third-order valence-corrected chi connectivity index (χ3v) is 4.99. The summed E-state index contributed by atoms with van der Waals surface area (Å²) in [5.41, 5.74) is 0.659. The Labute approximate surface area is 179 Å². The predicted octanol–water partition coefficient (Wildman–Crippen LogP) is 2.38. The molecule has 3 rings (SSSR count). The first-order valence-electron chi connectivity index (χ1n) is 9.87. The Morgan fingerprint density at radius 1 is 1.17 bits per heavy atom. The minimum absolute atomic E-state index is 0.108. The van der Waals surface area contributed by atoms with Crippen LogP contribution in [-0.2, 0) is 20.1 Å². The minimum atomic E-state index is -0.459. The van der Waals surface area contributed by atoms with Crippen LogP contribution >= 0.6 is 11.6 Å². The summed E-state index contributed by atoms with van der Waals surface area (Å²) in [6.07, 6.45) is 1.01. The highest BCUT2D eigenvalue weighted by molar-refractivity contribution is 6.30. The molecule has 2 aromatic heterocycles. The third-order valence-electron chi connectivity index (χ3n) is 4.74. The molecule has 0 aliphatic heterocycles. The van der Waals surface area contributed by atoms with Gasteiger partial charge in [-0.1, -0.05) is 43.5 Å². The van der Waals surface area contributed by atoms with Gasteiger partial charge in [0.2, 0.25) is 0 Å². The van der Waals surface area contributed by atoms with Crippen molar-refractivity contribution in [2.45, 2.75) is 39.8 Å². The Morgan fingerprint density at radius 3 is 2.50 bits per heavy atom. The number of aliphatic hydroxyl groups excluding tert-OH is 1. The second-order valence-electron chi connectivity index (χ2n) is 7.60. The zero-order valence-electron chi connectivity index (χ0n) is 17.4. The maximum atomic E-state index is 13.2. The second-order valence-corrected chi connectivity index (χ2v) is 8.03. The minimum Gasteiger partial charge on any atom is -0.396 e. The van der Waals surface area contributed by atoms with Gasteiger partial charge in [-0.25, -0.2) is 9.78 Å². The highest BCUT2D eigenvalue weighted by Gasteiger charge is 2.19. The maximum Gasteiger partial charge on any atom is 0.332 e. The van der Waals surface area contributed by atoms with E-state index in [1.54, 1.807) is 23.7 Å². The van der Waals surface area contributed by atoms with Crippen molar-refractivity contribution in [3.8, 4) is 11.8 Å². The van der Waals surface area contributed by atoms with E-state index in [4.69, 9.17) is 16.7 Å². The topological polar surface area (TPSA) is 82.1 Å². The molecule has 8 heteroatoms. The third kappa shape index (κ3) is 4.50. The summed E-state index contributed by atoms with van der Waals surface area (Å²) in [4.78, 5) is 30.4. The van der Waals surface area contributed by atoms with Crippen molar-refractivity contribution in [3.63, 3.8) is 0 Å². The van der Waals surface area contributed by atoms with Gasteiger partial charge in [0.05, 0.1) is 6.54 Å². The molecule has 0 saturated carbocycles. The highest BCUT2D eigenvalue weighted by atomic mass is 35.5. The van der Waals surface area contributed by atoms with Crippen molar-refractivity contribution < 1.29 is 5.11 Å². The fourth-order valence-corrected chi connectivity index (χ4v) is 3.28. The number of rotatable bonds is 6. The summed E-state index contributed by atoms with van der Waals surface area (Å²) < 4.78 is 4.26. The Hall–Kier alpha value is -2.82. The normalized spacial score (nSPS) is 11.1. The van der Waals surface area contributed by atoms with Crippen LogP contribution in [0.3, 0.4) is 0 Å². The van der Waals surface area contributed by atoms with Crippen molar-refractivity contribution in [2.24, 2.45) is 13.0 Å². The van der Waals surface area contributed by atoms with Crippen LogP contribution in [0.1, 0.15) is 38.1 Å². The molecule has 3 aromatic rings. The first-order valence-corrected chi connectivity index (χ1v) is 10.3. The van der Waals surface area contributed by atoms with Crippen LogP contribution in [0.2, 0.25) is 5.02 Å². The van der Waals surface area contributed by atoms with Crippen LogP contribution < -0.4 is 11.2 Å². The van der Waals surface area contributed by atoms with E-state index in [-0.39, 0.29) is 13.2 Å². The molecule has 0 aliphatic carbocycles. The predicted molar refractivity (Wildman–Crippen MR) is 118 cm³/mol. The molecule has 0 aliphatic rings. The molecule has 2 heterocycles. The molecule has 0 bridgehead atoms. The molecule has 0 unspecified atom stereocenters. The Morgan fingerprint density at radius 2 is 1.87 bits per heavy atom. The van der Waals surface area contributed by atoms with Crippen molar-refractivity contribution in [1.29, 1.82) is 0 Å². The zero-order chi connectivity index (χ0) is 21.8. The number of halogens is 1. The van der Waals surface area contributed by atoms with E-state index in [9.17, 15) is 9.59 Å². The maximum absolute atomic E-state index is 13.2. The summed E-state index contributed by atoms with van der Waals surface area (Å²) in [5.74, 6) is 7.04. The van der Waals surface area contributed by atoms with E-state index in [0.29, 0.717) is 47.3 Å². The molecule has 0 saturated heterocycles. The van der Waals surface area contributed by atoms with Crippen molar-refractivity contribution >= 4 is 22.8 Å².